The molecule has 0 unspecified atom stereocenters. The molecule has 1 aromatic heterocycles. The molecule has 6 nitrogen and oxygen atoms in total. The van der Waals surface area contributed by atoms with Crippen LogP contribution in [0, 0.1) is 6.92 Å². The van der Waals surface area contributed by atoms with Gasteiger partial charge in [-0.25, -0.2) is 4.98 Å². The number of amides is 1. The van der Waals surface area contributed by atoms with E-state index in [4.69, 9.17) is 9.15 Å². The maximum absolute atomic E-state index is 12.6. The van der Waals surface area contributed by atoms with Gasteiger partial charge in [-0.2, -0.15) is 0 Å². The second kappa shape index (κ2) is 10.6. The molecule has 0 atom stereocenters. The van der Waals surface area contributed by atoms with Crippen LogP contribution in [0.2, 0.25) is 0 Å². The van der Waals surface area contributed by atoms with E-state index < -0.39 is 0 Å². The number of fused-ring (bicyclic) bond motifs is 1. The Kier molecular flexibility index (Phi) is 7.39. The molecule has 0 aliphatic heterocycles. The van der Waals surface area contributed by atoms with Crippen molar-refractivity contribution in [3.8, 4) is 17.2 Å². The molecule has 4 aromatic rings. The molecule has 3 aromatic carbocycles. The van der Waals surface area contributed by atoms with Crippen molar-refractivity contribution >= 4 is 28.4 Å². The number of ether oxygens (including phenoxy) is 1. The van der Waals surface area contributed by atoms with E-state index in [-0.39, 0.29) is 12.5 Å². The van der Waals surface area contributed by atoms with Crippen LogP contribution in [-0.2, 0) is 4.79 Å². The zero-order chi connectivity index (χ0) is 24.9. The normalized spacial score (nSPS) is 11.1. The summed E-state index contributed by atoms with van der Waals surface area (Å²) in [5.74, 6) is 1.39. The molecule has 1 N–H and O–H groups in total. The van der Waals surface area contributed by atoms with Gasteiger partial charge in [-0.1, -0.05) is 26.0 Å². The Morgan fingerprint density at radius 1 is 1.03 bits per heavy atom. The fourth-order valence-electron chi connectivity index (χ4n) is 4.12. The number of nitrogens with one attached hydrogen (secondary N) is 1. The minimum Gasteiger partial charge on any atom is -0.483 e. The number of rotatable bonds is 9. The average molecular weight is 472 g/mol. The van der Waals surface area contributed by atoms with E-state index in [9.17, 15) is 4.79 Å². The number of carbonyl (C=O) groups excluding carboxylic acids is 1. The minimum absolute atomic E-state index is 0.0653. The van der Waals surface area contributed by atoms with Crippen molar-refractivity contribution < 1.29 is 13.9 Å². The third-order valence-electron chi connectivity index (χ3n) is 6.06. The summed E-state index contributed by atoms with van der Waals surface area (Å²) in [7, 11) is 0. The number of oxazole rings is 1. The highest BCUT2D eigenvalue weighted by atomic mass is 16.5. The molecule has 6 heteroatoms. The summed E-state index contributed by atoms with van der Waals surface area (Å²) in [5, 5.41) is 2.90. The van der Waals surface area contributed by atoms with Gasteiger partial charge in [-0.05, 0) is 86.3 Å². The van der Waals surface area contributed by atoms with Crippen LogP contribution in [0.25, 0.3) is 22.6 Å². The zero-order valence-electron chi connectivity index (χ0n) is 21.1. The molecule has 0 aliphatic carbocycles. The van der Waals surface area contributed by atoms with Crippen LogP contribution < -0.4 is 15.0 Å². The smallest absolute Gasteiger partial charge is 0.262 e. The summed E-state index contributed by atoms with van der Waals surface area (Å²) >= 11 is 0. The Balaban J connectivity index is 1.44. The number of anilines is 2. The standard InChI is InChI=1S/C29H33N3O3/c1-6-32(7-2)23-12-9-21(10-13-23)29-31-25-17-22(11-15-26(25)35-29)30-28(33)18-34-27-16-20(5)8-14-24(27)19(3)4/h8-17,19H,6-7,18H2,1-5H3,(H,30,33). The van der Waals surface area contributed by atoms with E-state index in [0.29, 0.717) is 28.6 Å². The summed E-state index contributed by atoms with van der Waals surface area (Å²) < 4.78 is 11.8. The van der Waals surface area contributed by atoms with Crippen LogP contribution in [0.4, 0.5) is 11.4 Å². The van der Waals surface area contributed by atoms with E-state index in [1.54, 1.807) is 0 Å². The summed E-state index contributed by atoms with van der Waals surface area (Å²) in [6.45, 7) is 12.4. The molecular formula is C29H33N3O3. The van der Waals surface area contributed by atoms with Crippen LogP contribution >= 0.6 is 0 Å². The van der Waals surface area contributed by atoms with E-state index in [0.717, 1.165) is 35.5 Å². The Labute approximate surface area is 206 Å². The molecule has 1 heterocycles. The highest BCUT2D eigenvalue weighted by Gasteiger charge is 2.13. The Morgan fingerprint density at radius 3 is 2.46 bits per heavy atom. The summed E-state index contributed by atoms with van der Waals surface area (Å²) in [5.41, 5.74) is 6.28. The predicted octanol–water partition coefficient (Wildman–Crippen LogP) is 6.79. The summed E-state index contributed by atoms with van der Waals surface area (Å²) in [6, 6.07) is 19.8. The van der Waals surface area contributed by atoms with Gasteiger partial charge in [0.05, 0.1) is 0 Å². The first-order valence-electron chi connectivity index (χ1n) is 12.2. The Bertz CT molecular complexity index is 1300. The van der Waals surface area contributed by atoms with E-state index in [1.165, 1.54) is 5.69 Å². The largest absolute Gasteiger partial charge is 0.483 e. The second-order valence-electron chi connectivity index (χ2n) is 8.95. The molecule has 182 valence electrons. The second-order valence-corrected chi connectivity index (χ2v) is 8.95. The van der Waals surface area contributed by atoms with Crippen LogP contribution in [0.15, 0.2) is 65.1 Å². The van der Waals surface area contributed by atoms with Gasteiger partial charge in [-0.3, -0.25) is 4.79 Å². The molecule has 0 aliphatic rings. The Hall–Kier alpha value is -3.80. The van der Waals surface area contributed by atoms with Crippen LogP contribution in [0.1, 0.15) is 44.7 Å². The lowest BCUT2D eigenvalue weighted by Gasteiger charge is -2.20. The first kappa shape index (κ1) is 24.3. The number of aromatic nitrogens is 1. The highest BCUT2D eigenvalue weighted by molar-refractivity contribution is 5.94. The van der Waals surface area contributed by atoms with Crippen molar-refractivity contribution in [3.05, 3.63) is 71.8 Å². The lowest BCUT2D eigenvalue weighted by atomic mass is 10.0. The maximum Gasteiger partial charge on any atom is 0.262 e. The molecule has 0 fully saturated rings. The minimum atomic E-state index is -0.226. The molecule has 0 saturated heterocycles. The van der Waals surface area contributed by atoms with Gasteiger partial charge in [0.15, 0.2) is 12.2 Å². The molecule has 35 heavy (non-hydrogen) atoms. The lowest BCUT2D eigenvalue weighted by Crippen LogP contribution is -2.21. The summed E-state index contributed by atoms with van der Waals surface area (Å²) in [6.07, 6.45) is 0. The van der Waals surface area contributed by atoms with Crippen molar-refractivity contribution in [2.24, 2.45) is 0 Å². The number of aryl methyl sites for hydroxylation is 1. The van der Waals surface area contributed by atoms with Gasteiger partial charge in [-0.15, -0.1) is 0 Å². The van der Waals surface area contributed by atoms with Crippen LogP contribution in [0.3, 0.4) is 0 Å². The van der Waals surface area contributed by atoms with Gasteiger partial charge in [0.1, 0.15) is 11.3 Å². The molecule has 4 rings (SSSR count). The van der Waals surface area contributed by atoms with Gasteiger partial charge in [0, 0.05) is 30.0 Å². The fraction of sp³-hybridized carbons (Fsp3) is 0.310. The third kappa shape index (κ3) is 5.65. The van der Waals surface area contributed by atoms with Crippen molar-refractivity contribution in [2.75, 3.05) is 29.9 Å². The first-order valence-corrected chi connectivity index (χ1v) is 12.2. The van der Waals surface area contributed by atoms with Crippen LogP contribution in [0.5, 0.6) is 5.75 Å². The maximum atomic E-state index is 12.6. The summed E-state index contributed by atoms with van der Waals surface area (Å²) in [4.78, 5) is 19.5. The first-order chi connectivity index (χ1) is 16.9. The number of hydrogen-bond donors (Lipinski definition) is 1. The lowest BCUT2D eigenvalue weighted by molar-refractivity contribution is -0.118. The van der Waals surface area contributed by atoms with Crippen molar-refractivity contribution in [1.82, 2.24) is 4.98 Å². The predicted molar refractivity (Wildman–Crippen MR) is 142 cm³/mol. The van der Waals surface area contributed by atoms with Gasteiger partial charge in [0.25, 0.3) is 5.91 Å². The van der Waals surface area contributed by atoms with Gasteiger partial charge < -0.3 is 19.4 Å². The van der Waals surface area contributed by atoms with E-state index >= 15 is 0 Å². The number of nitrogens with zero attached hydrogens (tertiary/aromatic N) is 2. The molecule has 0 saturated carbocycles. The molecule has 0 bridgehead atoms. The average Bonchev–Trinajstić information content (AvgIpc) is 3.27. The zero-order valence-corrected chi connectivity index (χ0v) is 21.1. The highest BCUT2D eigenvalue weighted by Crippen LogP contribution is 2.29. The molecule has 0 radical (unpaired) electrons. The van der Waals surface area contributed by atoms with Crippen LogP contribution in [-0.4, -0.2) is 30.6 Å². The number of carbonyl (C=O) groups is 1. The van der Waals surface area contributed by atoms with Gasteiger partial charge in [0.2, 0.25) is 5.89 Å². The SMILES string of the molecule is CCN(CC)c1ccc(-c2nc3cc(NC(=O)COc4cc(C)ccc4C(C)C)ccc3o2)cc1. The molecule has 1 amide bonds. The number of hydrogen-bond acceptors (Lipinski definition) is 5. The topological polar surface area (TPSA) is 67.6 Å². The number of benzene rings is 3. The monoisotopic (exact) mass is 471 g/mol. The molecule has 0 spiro atoms. The quantitative estimate of drug-likeness (QED) is 0.291. The van der Waals surface area contributed by atoms with Crippen molar-refractivity contribution in [3.63, 3.8) is 0 Å². The van der Waals surface area contributed by atoms with Crippen molar-refractivity contribution in [2.45, 2.75) is 40.5 Å². The van der Waals surface area contributed by atoms with E-state index in [2.05, 4.69) is 67.2 Å². The fourth-order valence-corrected chi connectivity index (χ4v) is 4.12. The Morgan fingerprint density at radius 2 is 1.77 bits per heavy atom. The third-order valence-corrected chi connectivity index (χ3v) is 6.06. The molecular weight excluding hydrogens is 438 g/mol. The van der Waals surface area contributed by atoms with E-state index in [1.807, 2.05) is 43.3 Å². The van der Waals surface area contributed by atoms with Gasteiger partial charge >= 0.3 is 0 Å². The van der Waals surface area contributed by atoms with Crippen molar-refractivity contribution in [1.29, 1.82) is 0 Å².